The number of nitrogens with zero attached hydrogens (tertiary/aromatic N) is 2. The number of aliphatic hydroxyl groups excluding tert-OH is 5. The van der Waals surface area contributed by atoms with Gasteiger partial charge in [-0.15, -0.1) is 54.2 Å². The lowest BCUT2D eigenvalue weighted by molar-refractivity contribution is -0.00385. The van der Waals surface area contributed by atoms with Gasteiger partial charge in [0.1, 0.15) is 50.8 Å². The van der Waals surface area contributed by atoms with E-state index < -0.39 is 18.6 Å². The SMILES string of the molecule is CC(C)(C)OC(=O)N1CCC(O)CC1.CC(C)(C)[Si](C)(C)Cl.CCC#CCCl.CCC#CCO.CCC#CCOC1CCN(C(=O)OC(C)(C)C)CC1.Cl.Cl.OCC#CCO.OCC#CCOC1CCNCC1. The zero-order chi connectivity index (χ0) is 55.2. The van der Waals surface area contributed by atoms with Crippen LogP contribution in [0.3, 0.4) is 0 Å². The van der Waals surface area contributed by atoms with Gasteiger partial charge in [-0.1, -0.05) is 96.1 Å². The standard InChI is InChI=1S/C15H25NO3.C10H19NO3.C9H15NO2.C6H15ClSi.C5H7Cl.C5H8O.C4H6O2.2ClH/c1-5-6-7-12-18-13-8-10-16(11-9-13)14(17)19-15(2,3)4;1-10(2,3)14-9(13)11-6-4-8(12)5-7-11;11-7-1-2-8-12-9-3-5-10-6-4-9;1-6(2,3)8(4,5)7;2*1-2-3-4-5-6;5-3-1-2-4-6;;/h13H,5,8-12H2,1-4H3;8,12H,4-7H2,1-3H3;9-11H,3-8H2;1-5H3;2,5H2,1H3;6H,2,5H2,1H3;5-6H,3-4H2;2*1H. The molecule has 19 heteroatoms. The molecule has 6 N–H and O–H groups in total. The third kappa shape index (κ3) is 58.5. The molecule has 0 radical (unpaired) electrons. The number of rotatable bonds is 4. The summed E-state index contributed by atoms with van der Waals surface area (Å²) < 4.78 is 21.7. The smallest absolute Gasteiger partial charge is 0.410 e. The van der Waals surface area contributed by atoms with E-state index in [0.717, 1.165) is 58.0 Å². The van der Waals surface area contributed by atoms with Crippen LogP contribution in [-0.4, -0.2) is 169 Å². The van der Waals surface area contributed by atoms with E-state index in [1.54, 1.807) is 9.80 Å². The third-order valence-electron chi connectivity index (χ3n) is 9.60. The maximum Gasteiger partial charge on any atom is 0.410 e. The van der Waals surface area contributed by atoms with Crippen molar-refractivity contribution < 1.29 is 54.1 Å². The summed E-state index contributed by atoms with van der Waals surface area (Å²) in [6.45, 7) is 33.3. The van der Waals surface area contributed by atoms with E-state index in [1.165, 1.54) is 0 Å². The van der Waals surface area contributed by atoms with Gasteiger partial charge in [0.25, 0.3) is 0 Å². The fourth-order valence-corrected chi connectivity index (χ4v) is 5.03. The molecular weight excluding hydrogens is 1040 g/mol. The molecule has 2 amide bonds. The zero-order valence-corrected chi connectivity index (χ0v) is 51.1. The summed E-state index contributed by atoms with van der Waals surface area (Å²) >= 11 is 11.4. The van der Waals surface area contributed by atoms with Crippen molar-refractivity contribution in [3.8, 4) is 59.2 Å². The highest BCUT2D eigenvalue weighted by molar-refractivity contribution is 7.20. The molecule has 426 valence electrons. The lowest BCUT2D eigenvalue weighted by Crippen LogP contribution is -2.43. The molecule has 14 nitrogen and oxygen atoms in total. The van der Waals surface area contributed by atoms with E-state index >= 15 is 0 Å². The third-order valence-corrected chi connectivity index (χ3v) is 15.0. The Bertz CT molecular complexity index is 1570. The maximum absolute atomic E-state index is 11.9. The summed E-state index contributed by atoms with van der Waals surface area (Å²) in [6.07, 6.45) is 7.58. The molecule has 0 aromatic heterocycles. The molecule has 3 rings (SSSR count). The molecular formula is C54H97Cl4N3O11Si. The highest BCUT2D eigenvalue weighted by Crippen LogP contribution is 2.38. The lowest BCUT2D eigenvalue weighted by atomic mass is 10.1. The average molecular weight is 1130 g/mol. The Morgan fingerprint density at radius 1 is 0.562 bits per heavy atom. The van der Waals surface area contributed by atoms with Crippen molar-refractivity contribution in [1.29, 1.82) is 0 Å². The second kappa shape index (κ2) is 51.5. The van der Waals surface area contributed by atoms with Crippen LogP contribution in [0.2, 0.25) is 18.1 Å². The molecule has 3 aliphatic heterocycles. The zero-order valence-electron chi connectivity index (χ0n) is 46.9. The Balaban J connectivity index is -0.000000187. The second-order valence-electron chi connectivity index (χ2n) is 19.3. The number of amides is 2. The minimum atomic E-state index is -1.39. The lowest BCUT2D eigenvalue weighted by Gasteiger charge is -2.33. The van der Waals surface area contributed by atoms with Gasteiger partial charge in [0.15, 0.2) is 7.38 Å². The van der Waals surface area contributed by atoms with Crippen molar-refractivity contribution in [3.05, 3.63) is 0 Å². The van der Waals surface area contributed by atoms with Crippen LogP contribution < -0.4 is 5.32 Å². The van der Waals surface area contributed by atoms with Gasteiger partial charge in [-0.05, 0) is 98.2 Å². The van der Waals surface area contributed by atoms with Crippen LogP contribution in [0, 0.1) is 59.2 Å². The van der Waals surface area contributed by atoms with E-state index in [-0.39, 0.29) is 75.6 Å². The Labute approximate surface area is 466 Å². The molecule has 0 aromatic rings. The average Bonchev–Trinajstić information content (AvgIpc) is 3.30. The van der Waals surface area contributed by atoms with E-state index in [2.05, 4.69) is 98.4 Å². The maximum atomic E-state index is 11.9. The first-order chi connectivity index (χ1) is 33.2. The number of hydrogen-bond acceptors (Lipinski definition) is 12. The van der Waals surface area contributed by atoms with Crippen molar-refractivity contribution in [3.63, 3.8) is 0 Å². The Morgan fingerprint density at radius 2 is 0.863 bits per heavy atom. The number of piperidine rings is 3. The molecule has 0 aliphatic carbocycles. The molecule has 3 heterocycles. The normalized spacial score (nSPS) is 14.3. The minimum absolute atomic E-state index is 0. The molecule has 3 aliphatic rings. The number of ether oxygens (including phenoxy) is 4. The summed E-state index contributed by atoms with van der Waals surface area (Å²) in [5, 5.41) is 45.1. The molecule has 73 heavy (non-hydrogen) atoms. The van der Waals surface area contributed by atoms with E-state index in [9.17, 15) is 14.7 Å². The summed E-state index contributed by atoms with van der Waals surface area (Å²) in [5.41, 5.74) is -0.868. The van der Waals surface area contributed by atoms with Crippen molar-refractivity contribution in [2.24, 2.45) is 0 Å². The molecule has 0 unspecified atom stereocenters. The molecule has 0 aromatic carbocycles. The quantitative estimate of drug-likeness (QED) is 0.0679. The highest BCUT2D eigenvalue weighted by Gasteiger charge is 2.33. The first-order valence-corrected chi connectivity index (χ1v) is 29.3. The molecule has 3 saturated heterocycles. The first kappa shape index (κ1) is 81.8. The van der Waals surface area contributed by atoms with Gasteiger partial charge in [-0.2, -0.15) is 11.1 Å². The molecule has 0 saturated carbocycles. The van der Waals surface area contributed by atoms with Crippen LogP contribution in [0.15, 0.2) is 0 Å². The minimum Gasteiger partial charge on any atom is -0.444 e. The number of alkyl halides is 1. The number of aliphatic hydroxyl groups is 5. The monoisotopic (exact) mass is 1130 g/mol. The molecule has 0 atom stereocenters. The van der Waals surface area contributed by atoms with E-state index in [4.69, 9.17) is 62.1 Å². The number of nitrogens with one attached hydrogen (secondary N) is 1. The van der Waals surface area contributed by atoms with Crippen molar-refractivity contribution in [2.75, 3.05) is 84.8 Å². The molecule has 0 spiro atoms. The molecule has 0 bridgehead atoms. The number of carbonyl (C=O) groups excluding carboxylic acids is 2. The first-order valence-electron chi connectivity index (χ1n) is 24.8. The van der Waals surface area contributed by atoms with Crippen molar-refractivity contribution in [1.82, 2.24) is 15.1 Å². The van der Waals surface area contributed by atoms with Gasteiger partial charge in [0.2, 0.25) is 0 Å². The van der Waals surface area contributed by atoms with Crippen LogP contribution >= 0.6 is 47.5 Å². The van der Waals surface area contributed by atoms with Crippen molar-refractivity contribution >= 4 is 67.1 Å². The summed E-state index contributed by atoms with van der Waals surface area (Å²) in [4.78, 5) is 26.8. The van der Waals surface area contributed by atoms with Crippen LogP contribution in [0.25, 0.3) is 0 Å². The number of likely N-dealkylation sites (tertiary alicyclic amines) is 2. The predicted molar refractivity (Wildman–Crippen MR) is 308 cm³/mol. The van der Waals surface area contributed by atoms with Crippen LogP contribution in [0.1, 0.15) is 141 Å². The number of carbonyl (C=O) groups is 2. The Kier molecular flexibility index (Phi) is 57.7. The van der Waals surface area contributed by atoms with Gasteiger partial charge >= 0.3 is 12.2 Å². The van der Waals surface area contributed by atoms with Gasteiger partial charge in [0, 0.05) is 45.4 Å². The molecule has 3 fully saturated rings. The highest BCUT2D eigenvalue weighted by atomic mass is 35.6. The Morgan fingerprint density at radius 3 is 1.16 bits per heavy atom. The van der Waals surface area contributed by atoms with Crippen LogP contribution in [-0.2, 0) is 18.9 Å². The van der Waals surface area contributed by atoms with Gasteiger partial charge in [0.05, 0.1) is 24.2 Å². The largest absolute Gasteiger partial charge is 0.444 e. The van der Waals surface area contributed by atoms with Gasteiger partial charge in [-0.3, -0.25) is 0 Å². The summed E-state index contributed by atoms with van der Waals surface area (Å²) in [6, 6.07) is 0. The summed E-state index contributed by atoms with van der Waals surface area (Å²) in [7, 11) is -1.39. The van der Waals surface area contributed by atoms with E-state index in [0.29, 0.717) is 69.3 Å². The van der Waals surface area contributed by atoms with Crippen molar-refractivity contribution in [2.45, 2.75) is 189 Å². The number of halogens is 4. The van der Waals surface area contributed by atoms with Gasteiger partial charge < -0.3 is 59.6 Å². The fourth-order valence-electron chi connectivity index (χ4n) is 4.94. The topological polar surface area (TPSA) is 191 Å². The Hall–Kier alpha value is -2.60. The van der Waals surface area contributed by atoms with E-state index in [1.807, 2.05) is 62.3 Å². The predicted octanol–water partition coefficient (Wildman–Crippen LogP) is 9.02. The van der Waals surface area contributed by atoms with Crippen LogP contribution in [0.5, 0.6) is 0 Å². The summed E-state index contributed by atoms with van der Waals surface area (Å²) in [5.74, 6) is 26.9. The second-order valence-corrected chi connectivity index (χ2v) is 26.8. The fraction of sp³-hybridized carbons (Fsp3) is 0.778. The van der Waals surface area contributed by atoms with Crippen LogP contribution in [0.4, 0.5) is 9.59 Å². The number of hydrogen-bond donors (Lipinski definition) is 6. The van der Waals surface area contributed by atoms with Gasteiger partial charge in [-0.25, -0.2) is 9.59 Å².